The summed E-state index contributed by atoms with van der Waals surface area (Å²) in [5.41, 5.74) is 8.39. The lowest BCUT2D eigenvalue weighted by Crippen LogP contribution is -2.29. The van der Waals surface area contributed by atoms with E-state index in [1.54, 1.807) is 24.7 Å². The Labute approximate surface area is 152 Å². The highest BCUT2D eigenvalue weighted by molar-refractivity contribution is 5.89. The second-order valence-electron chi connectivity index (χ2n) is 6.21. The van der Waals surface area contributed by atoms with Crippen molar-refractivity contribution in [2.45, 2.75) is 25.8 Å². The monoisotopic (exact) mass is 350 g/mol. The van der Waals surface area contributed by atoms with E-state index in [4.69, 9.17) is 5.73 Å². The van der Waals surface area contributed by atoms with Crippen LogP contribution in [0.15, 0.2) is 48.9 Å². The topological polar surface area (TPSA) is 101 Å². The molecule has 0 bridgehead atoms. The number of hydrogen-bond acceptors (Lipinski definition) is 5. The highest BCUT2D eigenvalue weighted by Crippen LogP contribution is 2.36. The standard InChI is InChI=1S/C20H22N4O2/c1-13-11-16(20(26)19-15(13)6-4-10-23-19)18(14-5-3-9-22-12-14)24-17(25)7-2-8-21/h3-6,9-12,18,26H,2,7-8,21H2,1H3,(H,24,25). The maximum absolute atomic E-state index is 12.3. The van der Waals surface area contributed by atoms with Gasteiger partial charge < -0.3 is 16.2 Å². The van der Waals surface area contributed by atoms with Crippen LogP contribution in [-0.4, -0.2) is 27.5 Å². The van der Waals surface area contributed by atoms with E-state index in [0.29, 0.717) is 30.5 Å². The van der Waals surface area contributed by atoms with E-state index < -0.39 is 6.04 Å². The Balaban J connectivity index is 2.08. The Hall–Kier alpha value is -2.99. The molecule has 3 rings (SSSR count). The quantitative estimate of drug-likeness (QED) is 0.634. The first-order chi connectivity index (χ1) is 12.6. The van der Waals surface area contributed by atoms with Gasteiger partial charge in [-0.05, 0) is 49.2 Å². The lowest BCUT2D eigenvalue weighted by atomic mass is 9.94. The molecule has 0 saturated heterocycles. The highest BCUT2D eigenvalue weighted by atomic mass is 16.3. The minimum Gasteiger partial charge on any atom is -0.505 e. The molecular formula is C20H22N4O2. The molecule has 26 heavy (non-hydrogen) atoms. The molecule has 0 fully saturated rings. The number of amides is 1. The van der Waals surface area contributed by atoms with Crippen molar-refractivity contribution < 1.29 is 9.90 Å². The lowest BCUT2D eigenvalue weighted by molar-refractivity contribution is -0.121. The summed E-state index contributed by atoms with van der Waals surface area (Å²) in [5.74, 6) is -0.0540. The Morgan fingerprint density at radius 3 is 2.85 bits per heavy atom. The molecule has 2 heterocycles. The largest absolute Gasteiger partial charge is 0.505 e. The van der Waals surface area contributed by atoms with E-state index in [1.165, 1.54) is 0 Å². The molecule has 2 aromatic heterocycles. The number of benzene rings is 1. The number of nitrogens with two attached hydrogens (primary N) is 1. The molecular weight excluding hydrogens is 328 g/mol. The molecule has 0 saturated carbocycles. The van der Waals surface area contributed by atoms with Crippen molar-refractivity contribution in [2.75, 3.05) is 6.54 Å². The van der Waals surface area contributed by atoms with E-state index in [1.807, 2.05) is 31.2 Å². The van der Waals surface area contributed by atoms with Crippen molar-refractivity contribution in [2.24, 2.45) is 5.73 Å². The van der Waals surface area contributed by atoms with E-state index in [-0.39, 0.29) is 11.7 Å². The summed E-state index contributed by atoms with van der Waals surface area (Å²) in [7, 11) is 0. The molecule has 1 aromatic carbocycles. The fourth-order valence-corrected chi connectivity index (χ4v) is 3.03. The molecule has 1 amide bonds. The van der Waals surface area contributed by atoms with Crippen LogP contribution in [0.3, 0.4) is 0 Å². The fraction of sp³-hybridized carbons (Fsp3) is 0.250. The zero-order valence-corrected chi connectivity index (χ0v) is 14.6. The number of aromatic hydroxyl groups is 1. The van der Waals surface area contributed by atoms with Gasteiger partial charge >= 0.3 is 0 Å². The number of fused-ring (bicyclic) bond motifs is 1. The van der Waals surface area contributed by atoms with Crippen LogP contribution in [0.4, 0.5) is 0 Å². The number of rotatable bonds is 6. The molecule has 0 radical (unpaired) electrons. The summed E-state index contributed by atoms with van der Waals surface area (Å²) < 4.78 is 0. The van der Waals surface area contributed by atoms with Crippen molar-refractivity contribution in [1.29, 1.82) is 0 Å². The van der Waals surface area contributed by atoms with Gasteiger partial charge in [0.25, 0.3) is 0 Å². The van der Waals surface area contributed by atoms with E-state index in [2.05, 4.69) is 15.3 Å². The third-order valence-electron chi connectivity index (χ3n) is 4.34. The first-order valence-electron chi connectivity index (χ1n) is 8.58. The van der Waals surface area contributed by atoms with Gasteiger partial charge in [0.2, 0.25) is 5.91 Å². The SMILES string of the molecule is Cc1cc(C(NC(=O)CCCN)c2cccnc2)c(O)c2ncccc12. The molecule has 0 aliphatic rings. The Morgan fingerprint density at radius 2 is 2.12 bits per heavy atom. The van der Waals surface area contributed by atoms with Crippen LogP contribution in [0, 0.1) is 6.92 Å². The fourth-order valence-electron chi connectivity index (χ4n) is 3.03. The molecule has 0 aliphatic carbocycles. The molecule has 4 N–H and O–H groups in total. The molecule has 3 aromatic rings. The molecule has 6 nitrogen and oxygen atoms in total. The van der Waals surface area contributed by atoms with E-state index in [9.17, 15) is 9.90 Å². The van der Waals surface area contributed by atoms with Crippen molar-refractivity contribution in [3.8, 4) is 5.75 Å². The van der Waals surface area contributed by atoms with Gasteiger partial charge in [-0.1, -0.05) is 12.1 Å². The first-order valence-corrected chi connectivity index (χ1v) is 8.58. The molecule has 134 valence electrons. The van der Waals surface area contributed by atoms with Crippen LogP contribution in [-0.2, 0) is 4.79 Å². The summed E-state index contributed by atoms with van der Waals surface area (Å²) in [6, 6.07) is 8.80. The van der Waals surface area contributed by atoms with Gasteiger partial charge in [0.1, 0.15) is 11.3 Å². The Morgan fingerprint density at radius 1 is 1.31 bits per heavy atom. The summed E-state index contributed by atoms with van der Waals surface area (Å²) >= 11 is 0. The first kappa shape index (κ1) is 17.8. The minimum atomic E-state index is -0.515. The van der Waals surface area contributed by atoms with Crippen molar-refractivity contribution in [3.63, 3.8) is 0 Å². The number of phenols is 1. The normalized spacial score (nSPS) is 12.1. The van der Waals surface area contributed by atoms with Crippen LogP contribution in [0.2, 0.25) is 0 Å². The Bertz CT molecular complexity index is 912. The van der Waals surface area contributed by atoms with Gasteiger partial charge in [0, 0.05) is 36.0 Å². The van der Waals surface area contributed by atoms with Crippen LogP contribution in [0.5, 0.6) is 5.75 Å². The second-order valence-corrected chi connectivity index (χ2v) is 6.21. The zero-order chi connectivity index (χ0) is 18.5. The number of nitrogens with one attached hydrogen (secondary N) is 1. The smallest absolute Gasteiger partial charge is 0.220 e. The van der Waals surface area contributed by atoms with Gasteiger partial charge in [-0.2, -0.15) is 0 Å². The number of nitrogens with zero attached hydrogens (tertiary/aromatic N) is 2. The molecule has 0 aliphatic heterocycles. The number of hydrogen-bond donors (Lipinski definition) is 3. The predicted molar refractivity (Wildman–Crippen MR) is 101 cm³/mol. The molecule has 0 spiro atoms. The average molecular weight is 350 g/mol. The van der Waals surface area contributed by atoms with Gasteiger partial charge in [0.05, 0.1) is 6.04 Å². The van der Waals surface area contributed by atoms with Gasteiger partial charge in [-0.25, -0.2) is 0 Å². The van der Waals surface area contributed by atoms with Crippen molar-refractivity contribution in [3.05, 3.63) is 65.6 Å². The second kappa shape index (κ2) is 7.93. The summed E-state index contributed by atoms with van der Waals surface area (Å²) in [5, 5.41) is 14.7. The maximum atomic E-state index is 12.3. The van der Waals surface area contributed by atoms with Crippen LogP contribution in [0.1, 0.15) is 35.6 Å². The summed E-state index contributed by atoms with van der Waals surface area (Å²) in [6.45, 7) is 2.42. The van der Waals surface area contributed by atoms with Gasteiger partial charge in [-0.15, -0.1) is 0 Å². The maximum Gasteiger partial charge on any atom is 0.220 e. The highest BCUT2D eigenvalue weighted by Gasteiger charge is 2.22. The number of aromatic nitrogens is 2. The predicted octanol–water partition coefficient (Wildman–Crippen LogP) is 2.59. The number of phenolic OH excluding ortho intramolecular Hbond substituents is 1. The van der Waals surface area contributed by atoms with Crippen LogP contribution >= 0.6 is 0 Å². The minimum absolute atomic E-state index is 0.0687. The molecule has 1 atom stereocenters. The van der Waals surface area contributed by atoms with Crippen LogP contribution < -0.4 is 11.1 Å². The number of carbonyl (C=O) groups excluding carboxylic acids is 1. The third kappa shape index (κ3) is 3.65. The number of carbonyl (C=O) groups is 1. The molecule has 6 heteroatoms. The Kier molecular flexibility index (Phi) is 5.43. The summed E-state index contributed by atoms with van der Waals surface area (Å²) in [4.78, 5) is 20.8. The summed E-state index contributed by atoms with van der Waals surface area (Å²) in [6.07, 6.45) is 5.94. The number of pyridine rings is 2. The van der Waals surface area contributed by atoms with Crippen molar-refractivity contribution in [1.82, 2.24) is 15.3 Å². The van der Waals surface area contributed by atoms with E-state index >= 15 is 0 Å². The van der Waals surface area contributed by atoms with Crippen molar-refractivity contribution >= 4 is 16.8 Å². The lowest BCUT2D eigenvalue weighted by Gasteiger charge is -2.22. The van der Waals surface area contributed by atoms with Crippen LogP contribution in [0.25, 0.3) is 10.9 Å². The van der Waals surface area contributed by atoms with Gasteiger partial charge in [0.15, 0.2) is 0 Å². The third-order valence-corrected chi connectivity index (χ3v) is 4.34. The molecule has 1 unspecified atom stereocenters. The number of aryl methyl sites for hydroxylation is 1. The average Bonchev–Trinajstić information content (AvgIpc) is 2.68. The zero-order valence-electron chi connectivity index (χ0n) is 14.6. The van der Waals surface area contributed by atoms with E-state index in [0.717, 1.165) is 16.5 Å². The van der Waals surface area contributed by atoms with Gasteiger partial charge in [-0.3, -0.25) is 14.8 Å².